The maximum absolute atomic E-state index is 10.4. The molecule has 0 spiro atoms. The zero-order valence-electron chi connectivity index (χ0n) is 12.6. The van der Waals surface area contributed by atoms with Crippen LogP contribution in [0.15, 0.2) is 18.2 Å². The number of hydrogen-bond donors (Lipinski definition) is 3. The molecule has 0 aliphatic carbocycles. The smallest absolute Gasteiger partial charge is 0.243 e. The van der Waals surface area contributed by atoms with Crippen molar-refractivity contribution >= 4 is 5.91 Å². The van der Waals surface area contributed by atoms with Gasteiger partial charge in [0.2, 0.25) is 5.91 Å². The molecule has 0 heterocycles. The first-order valence-corrected chi connectivity index (χ1v) is 6.94. The minimum atomic E-state index is -0.609. The molecule has 0 radical (unpaired) electrons. The van der Waals surface area contributed by atoms with Crippen molar-refractivity contribution < 1.29 is 19.4 Å². The van der Waals surface area contributed by atoms with Gasteiger partial charge in [0.1, 0.15) is 25.1 Å². The van der Waals surface area contributed by atoms with E-state index in [0.717, 1.165) is 11.3 Å². The van der Waals surface area contributed by atoms with E-state index in [0.29, 0.717) is 19.7 Å². The topological polar surface area (TPSA) is 93.8 Å². The number of carbonyl (C=O) groups is 1. The lowest BCUT2D eigenvalue weighted by molar-refractivity contribution is -0.122. The molecule has 0 aliphatic rings. The standard InChI is InChI=1S/C15H24N2O4/c1-11-3-4-14(12(2)7-11)21-9-13(18)8-17-5-6-20-10-15(16)19/h3-4,7,13,17-18H,5-6,8-10H2,1-2H3,(H2,16,19). The van der Waals surface area contributed by atoms with Crippen LogP contribution in [0, 0.1) is 13.8 Å². The number of primary amides is 1. The molecule has 0 saturated carbocycles. The van der Waals surface area contributed by atoms with Crippen LogP contribution in [0.2, 0.25) is 0 Å². The van der Waals surface area contributed by atoms with E-state index in [9.17, 15) is 9.90 Å². The van der Waals surface area contributed by atoms with Crippen LogP contribution in [0.1, 0.15) is 11.1 Å². The second kappa shape index (κ2) is 9.33. The van der Waals surface area contributed by atoms with E-state index in [1.54, 1.807) is 0 Å². The van der Waals surface area contributed by atoms with Crippen LogP contribution in [0.4, 0.5) is 0 Å². The fourth-order valence-corrected chi connectivity index (χ4v) is 1.79. The number of hydrogen-bond acceptors (Lipinski definition) is 5. The number of rotatable bonds is 10. The molecule has 1 atom stereocenters. The molecule has 0 bridgehead atoms. The van der Waals surface area contributed by atoms with Crippen molar-refractivity contribution in [2.75, 3.05) is 32.9 Å². The molecule has 0 saturated heterocycles. The summed E-state index contributed by atoms with van der Waals surface area (Å²) in [7, 11) is 0. The van der Waals surface area contributed by atoms with E-state index in [2.05, 4.69) is 5.32 Å². The SMILES string of the molecule is Cc1ccc(OCC(O)CNCCOCC(N)=O)c(C)c1. The number of nitrogens with one attached hydrogen (secondary N) is 1. The molecule has 1 aromatic rings. The molecule has 1 unspecified atom stereocenters. The fourth-order valence-electron chi connectivity index (χ4n) is 1.79. The van der Waals surface area contributed by atoms with Crippen LogP contribution in [0.25, 0.3) is 0 Å². The maximum Gasteiger partial charge on any atom is 0.243 e. The van der Waals surface area contributed by atoms with Crippen LogP contribution in [-0.4, -0.2) is 50.0 Å². The number of ether oxygens (including phenoxy) is 2. The predicted molar refractivity (Wildman–Crippen MR) is 80.3 cm³/mol. The van der Waals surface area contributed by atoms with E-state index in [4.69, 9.17) is 15.2 Å². The third kappa shape index (κ3) is 7.65. The van der Waals surface area contributed by atoms with Crippen LogP contribution < -0.4 is 15.8 Å². The summed E-state index contributed by atoms with van der Waals surface area (Å²) in [6, 6.07) is 5.92. The number of nitrogens with two attached hydrogens (primary N) is 1. The molecule has 6 nitrogen and oxygen atoms in total. The Morgan fingerprint density at radius 3 is 2.86 bits per heavy atom. The Balaban J connectivity index is 2.13. The number of carbonyl (C=O) groups excluding carboxylic acids is 1. The van der Waals surface area contributed by atoms with Gasteiger partial charge in [0, 0.05) is 13.1 Å². The lowest BCUT2D eigenvalue weighted by Gasteiger charge is -2.15. The first-order valence-electron chi connectivity index (χ1n) is 6.94. The lowest BCUT2D eigenvalue weighted by Crippen LogP contribution is -2.33. The van der Waals surface area contributed by atoms with Gasteiger partial charge >= 0.3 is 0 Å². The molecule has 1 aromatic carbocycles. The molecule has 4 N–H and O–H groups in total. The number of amides is 1. The molecule has 1 amide bonds. The van der Waals surface area contributed by atoms with Crippen LogP contribution in [0.3, 0.4) is 0 Å². The van der Waals surface area contributed by atoms with Gasteiger partial charge in [-0.1, -0.05) is 17.7 Å². The van der Waals surface area contributed by atoms with Crippen LogP contribution in [0.5, 0.6) is 5.75 Å². The van der Waals surface area contributed by atoms with Gasteiger partial charge < -0.3 is 25.6 Å². The van der Waals surface area contributed by atoms with Gasteiger partial charge in [0.25, 0.3) is 0 Å². The number of benzene rings is 1. The fraction of sp³-hybridized carbons (Fsp3) is 0.533. The van der Waals surface area contributed by atoms with Crippen LogP contribution >= 0.6 is 0 Å². The van der Waals surface area contributed by atoms with E-state index >= 15 is 0 Å². The highest BCUT2D eigenvalue weighted by molar-refractivity contribution is 5.74. The largest absolute Gasteiger partial charge is 0.491 e. The highest BCUT2D eigenvalue weighted by Crippen LogP contribution is 2.18. The first kappa shape index (κ1) is 17.4. The molecule has 0 aliphatic heterocycles. The van der Waals surface area contributed by atoms with Crippen molar-refractivity contribution in [2.24, 2.45) is 5.73 Å². The molecular weight excluding hydrogens is 272 g/mol. The number of aliphatic hydroxyl groups excluding tert-OH is 1. The molecule has 21 heavy (non-hydrogen) atoms. The second-order valence-electron chi connectivity index (χ2n) is 4.96. The van der Waals surface area contributed by atoms with Crippen molar-refractivity contribution in [2.45, 2.75) is 20.0 Å². The summed E-state index contributed by atoms with van der Waals surface area (Å²) in [5, 5.41) is 12.8. The minimum Gasteiger partial charge on any atom is -0.491 e. The first-order chi connectivity index (χ1) is 9.99. The average Bonchev–Trinajstić information content (AvgIpc) is 2.41. The van der Waals surface area contributed by atoms with E-state index < -0.39 is 12.0 Å². The second-order valence-corrected chi connectivity index (χ2v) is 4.96. The summed E-state index contributed by atoms with van der Waals surface area (Å²) in [4.78, 5) is 10.4. The van der Waals surface area contributed by atoms with Crippen molar-refractivity contribution in [1.29, 1.82) is 0 Å². The van der Waals surface area contributed by atoms with E-state index in [-0.39, 0.29) is 13.2 Å². The Morgan fingerprint density at radius 2 is 2.19 bits per heavy atom. The Labute approximate surface area is 125 Å². The van der Waals surface area contributed by atoms with Crippen molar-refractivity contribution in [1.82, 2.24) is 5.32 Å². The predicted octanol–water partition coefficient (Wildman–Crippen LogP) is 0.135. The normalized spacial score (nSPS) is 12.1. The minimum absolute atomic E-state index is 0.0833. The quantitative estimate of drug-likeness (QED) is 0.534. The summed E-state index contributed by atoms with van der Waals surface area (Å²) in [6.45, 7) is 5.43. The molecule has 0 aromatic heterocycles. The Kier molecular flexibility index (Phi) is 7.74. The Bertz CT molecular complexity index is 451. The highest BCUT2D eigenvalue weighted by atomic mass is 16.5. The van der Waals surface area contributed by atoms with Gasteiger partial charge in [-0.2, -0.15) is 0 Å². The monoisotopic (exact) mass is 296 g/mol. The number of aryl methyl sites for hydroxylation is 2. The van der Waals surface area contributed by atoms with Gasteiger partial charge in [-0.05, 0) is 25.5 Å². The summed E-state index contributed by atoms with van der Waals surface area (Å²) >= 11 is 0. The lowest BCUT2D eigenvalue weighted by atomic mass is 10.1. The third-order valence-corrected chi connectivity index (χ3v) is 2.81. The van der Waals surface area contributed by atoms with Gasteiger partial charge in [0.05, 0.1) is 6.61 Å². The maximum atomic E-state index is 10.4. The summed E-state index contributed by atoms with van der Waals surface area (Å²) in [5.41, 5.74) is 7.16. The van der Waals surface area contributed by atoms with Crippen LogP contribution in [-0.2, 0) is 9.53 Å². The van der Waals surface area contributed by atoms with E-state index in [1.807, 2.05) is 32.0 Å². The zero-order valence-corrected chi connectivity index (χ0v) is 12.6. The molecular formula is C15H24N2O4. The van der Waals surface area contributed by atoms with Crippen molar-refractivity contribution in [3.05, 3.63) is 29.3 Å². The number of aliphatic hydroxyl groups is 1. The molecule has 6 heteroatoms. The summed E-state index contributed by atoms with van der Waals surface area (Å²) < 4.78 is 10.6. The molecule has 0 fully saturated rings. The molecule has 1 rings (SSSR count). The molecule has 118 valence electrons. The van der Waals surface area contributed by atoms with Crippen molar-refractivity contribution in [3.63, 3.8) is 0 Å². The zero-order chi connectivity index (χ0) is 15.7. The highest BCUT2D eigenvalue weighted by Gasteiger charge is 2.06. The Morgan fingerprint density at radius 1 is 1.43 bits per heavy atom. The van der Waals surface area contributed by atoms with Gasteiger partial charge in [0.15, 0.2) is 0 Å². The van der Waals surface area contributed by atoms with E-state index in [1.165, 1.54) is 5.56 Å². The third-order valence-electron chi connectivity index (χ3n) is 2.81. The van der Waals surface area contributed by atoms with Gasteiger partial charge in [-0.25, -0.2) is 0 Å². The van der Waals surface area contributed by atoms with Crippen molar-refractivity contribution in [3.8, 4) is 5.75 Å². The summed E-state index contributed by atoms with van der Waals surface area (Å²) in [6.07, 6.45) is -0.609. The average molecular weight is 296 g/mol. The summed E-state index contributed by atoms with van der Waals surface area (Å²) in [5.74, 6) is 0.293. The van der Waals surface area contributed by atoms with Gasteiger partial charge in [-0.3, -0.25) is 4.79 Å². The van der Waals surface area contributed by atoms with Gasteiger partial charge in [-0.15, -0.1) is 0 Å². The Hall–Kier alpha value is -1.63.